The number of piperidine rings is 1. The average molecular weight is 525 g/mol. The van der Waals surface area contributed by atoms with Crippen LogP contribution in [0.2, 0.25) is 0 Å². The van der Waals surface area contributed by atoms with Crippen LogP contribution in [0.1, 0.15) is 40.9 Å². The molecular formula is C30H29FN6O2. The lowest BCUT2D eigenvalue weighted by Crippen LogP contribution is -2.54. The quantitative estimate of drug-likeness (QED) is 0.454. The highest BCUT2D eigenvalue weighted by molar-refractivity contribution is 5.96. The first-order valence-electron chi connectivity index (χ1n) is 13.0. The highest BCUT2D eigenvalue weighted by atomic mass is 19.1. The van der Waals surface area contributed by atoms with Crippen LogP contribution in [0, 0.1) is 34.5 Å². The molecule has 198 valence electrons. The number of carbonyl (C=O) groups excluding carboxylic acids is 2. The number of benzene rings is 2. The van der Waals surface area contributed by atoms with Crippen molar-refractivity contribution < 1.29 is 14.0 Å². The van der Waals surface area contributed by atoms with Crippen molar-refractivity contribution in [1.82, 2.24) is 14.7 Å². The lowest BCUT2D eigenvalue weighted by Gasteiger charge is -2.43. The van der Waals surface area contributed by atoms with E-state index in [4.69, 9.17) is 11.0 Å². The fourth-order valence-electron chi connectivity index (χ4n) is 5.47. The molecule has 1 saturated carbocycles. The third-order valence-corrected chi connectivity index (χ3v) is 7.94. The summed E-state index contributed by atoms with van der Waals surface area (Å²) < 4.78 is 17.3. The second kappa shape index (κ2) is 10.8. The number of nitrogens with zero attached hydrogens (tertiary/aromatic N) is 5. The minimum atomic E-state index is -1.44. The molecule has 2 fully saturated rings. The molecule has 2 aromatic carbocycles. The Kier molecular flexibility index (Phi) is 7.28. The smallest absolute Gasteiger partial charge is 0.252 e. The Morgan fingerprint density at radius 2 is 1.82 bits per heavy atom. The van der Waals surface area contributed by atoms with Crippen molar-refractivity contribution in [2.45, 2.75) is 43.9 Å². The van der Waals surface area contributed by atoms with Gasteiger partial charge >= 0.3 is 0 Å². The molecule has 1 aliphatic carbocycles. The number of hydrogen-bond donors (Lipinski definition) is 1. The Morgan fingerprint density at radius 3 is 2.44 bits per heavy atom. The molecule has 2 N–H and O–H groups in total. The van der Waals surface area contributed by atoms with Crippen LogP contribution in [0.25, 0.3) is 11.1 Å². The Morgan fingerprint density at radius 1 is 1.10 bits per heavy atom. The van der Waals surface area contributed by atoms with Crippen molar-refractivity contribution in [3.05, 3.63) is 77.6 Å². The second-order valence-corrected chi connectivity index (χ2v) is 10.5. The maximum absolute atomic E-state index is 16.0. The fraction of sp³-hybridized carbons (Fsp3) is 0.367. The van der Waals surface area contributed by atoms with E-state index >= 15 is 4.39 Å². The van der Waals surface area contributed by atoms with Gasteiger partial charge in [0.15, 0.2) is 0 Å². The molecule has 3 aromatic rings. The number of rotatable bonds is 9. The van der Waals surface area contributed by atoms with Gasteiger partial charge in [-0.2, -0.15) is 15.6 Å². The summed E-state index contributed by atoms with van der Waals surface area (Å²) in [6.45, 7) is 1.17. The van der Waals surface area contributed by atoms with Gasteiger partial charge in [0, 0.05) is 31.7 Å². The summed E-state index contributed by atoms with van der Waals surface area (Å²) in [7, 11) is 0. The average Bonchev–Trinajstić information content (AvgIpc) is 3.62. The summed E-state index contributed by atoms with van der Waals surface area (Å²) in [5.74, 6) is -1.63. The van der Waals surface area contributed by atoms with E-state index in [0.717, 1.165) is 16.7 Å². The zero-order chi connectivity index (χ0) is 27.6. The van der Waals surface area contributed by atoms with Gasteiger partial charge in [0.25, 0.3) is 5.91 Å². The number of carbonyl (C=O) groups is 2. The zero-order valence-electron chi connectivity index (χ0n) is 21.5. The van der Waals surface area contributed by atoms with Crippen LogP contribution in [0.15, 0.2) is 60.8 Å². The van der Waals surface area contributed by atoms with E-state index in [1.807, 2.05) is 35.2 Å². The summed E-state index contributed by atoms with van der Waals surface area (Å²) >= 11 is 0. The molecule has 9 heteroatoms. The third kappa shape index (κ3) is 5.32. The number of primary amides is 1. The number of amides is 1. The fourth-order valence-corrected chi connectivity index (χ4v) is 5.47. The molecule has 1 amide bonds. The van der Waals surface area contributed by atoms with Crippen molar-refractivity contribution in [1.29, 1.82) is 10.5 Å². The third-order valence-electron chi connectivity index (χ3n) is 7.94. The summed E-state index contributed by atoms with van der Waals surface area (Å²) in [4.78, 5) is 26.8. The molecule has 1 aromatic heterocycles. The van der Waals surface area contributed by atoms with Crippen molar-refractivity contribution >= 4 is 11.7 Å². The first-order chi connectivity index (χ1) is 18.8. The largest absolute Gasteiger partial charge is 0.365 e. The van der Waals surface area contributed by atoms with Gasteiger partial charge in [0.1, 0.15) is 17.5 Å². The molecule has 4 atom stereocenters. The van der Waals surface area contributed by atoms with Gasteiger partial charge in [0.2, 0.25) is 0 Å². The van der Waals surface area contributed by atoms with Crippen LogP contribution >= 0.6 is 0 Å². The molecule has 8 nitrogen and oxygen atoms in total. The number of halogens is 1. The lowest BCUT2D eigenvalue weighted by atomic mass is 9.83. The summed E-state index contributed by atoms with van der Waals surface area (Å²) in [6.07, 6.45) is 0.444. The number of alkyl halides is 1. The molecule has 0 radical (unpaired) electrons. The van der Waals surface area contributed by atoms with E-state index in [9.17, 15) is 14.9 Å². The van der Waals surface area contributed by atoms with Crippen LogP contribution in [0.5, 0.6) is 0 Å². The number of aromatic nitrogens is 2. The maximum atomic E-state index is 16.0. The van der Waals surface area contributed by atoms with Crippen molar-refractivity contribution in [3.8, 4) is 23.3 Å². The van der Waals surface area contributed by atoms with Crippen LogP contribution < -0.4 is 5.73 Å². The standard InChI is InChI=1S/C30H29FN6O2/c31-28-19-36(17-20-6-8-22(9-7-20)21-4-2-1-3-5-21)13-11-30(28,10-12-32)37-18-25(29(34)39)26(35-37)15-27(38)24-14-23(24)16-33/h1-9,18,23-24,28H,10-11,13-15,17,19H2,(H2,34,39). The molecule has 0 bridgehead atoms. The number of hydrogen-bond acceptors (Lipinski definition) is 6. The highest BCUT2D eigenvalue weighted by Crippen LogP contribution is 2.40. The molecule has 0 spiro atoms. The molecule has 4 unspecified atom stereocenters. The molecule has 5 rings (SSSR count). The van der Waals surface area contributed by atoms with Gasteiger partial charge in [0.05, 0.1) is 42.2 Å². The summed E-state index contributed by atoms with van der Waals surface area (Å²) in [6, 6.07) is 22.4. The highest BCUT2D eigenvalue weighted by Gasteiger charge is 2.47. The number of likely N-dealkylation sites (tertiary alicyclic amines) is 1. The summed E-state index contributed by atoms with van der Waals surface area (Å²) in [5, 5.41) is 23.1. The SMILES string of the molecule is N#CCC1(n2cc(C(N)=O)c(CC(=O)C3CC3C#N)n2)CCN(Cc2ccc(-c3ccccc3)cc2)CC1F. The topological polar surface area (TPSA) is 129 Å². The number of ketones is 1. The van der Waals surface area contributed by atoms with Crippen LogP contribution in [0.3, 0.4) is 0 Å². The van der Waals surface area contributed by atoms with E-state index < -0.39 is 17.6 Å². The van der Waals surface area contributed by atoms with Crippen LogP contribution in [-0.4, -0.2) is 45.6 Å². The molecular weight excluding hydrogens is 495 g/mol. The number of nitrogens with two attached hydrogens (primary N) is 1. The van der Waals surface area contributed by atoms with Crippen molar-refractivity contribution in [3.63, 3.8) is 0 Å². The number of nitriles is 2. The first kappa shape index (κ1) is 26.3. The van der Waals surface area contributed by atoms with E-state index in [1.54, 1.807) is 0 Å². The van der Waals surface area contributed by atoms with Crippen molar-refractivity contribution in [2.75, 3.05) is 13.1 Å². The van der Waals surface area contributed by atoms with Gasteiger partial charge in [-0.1, -0.05) is 54.6 Å². The lowest BCUT2D eigenvalue weighted by molar-refractivity contribution is -0.119. The maximum Gasteiger partial charge on any atom is 0.252 e. The van der Waals surface area contributed by atoms with E-state index in [2.05, 4.69) is 41.5 Å². The Balaban J connectivity index is 1.31. The predicted octanol–water partition coefficient (Wildman–Crippen LogP) is 3.77. The Hall–Kier alpha value is -4.34. The van der Waals surface area contributed by atoms with Crippen LogP contribution in [-0.2, 0) is 23.3 Å². The Labute approximate surface area is 226 Å². The first-order valence-corrected chi connectivity index (χ1v) is 13.0. The van der Waals surface area contributed by atoms with Gasteiger partial charge in [-0.25, -0.2) is 4.39 Å². The van der Waals surface area contributed by atoms with Crippen LogP contribution in [0.4, 0.5) is 4.39 Å². The minimum Gasteiger partial charge on any atom is -0.365 e. The normalized spacial score (nSPS) is 24.4. The summed E-state index contributed by atoms with van der Waals surface area (Å²) in [5.41, 5.74) is 7.80. The van der Waals surface area contributed by atoms with Gasteiger partial charge < -0.3 is 5.73 Å². The molecule has 2 heterocycles. The van der Waals surface area contributed by atoms with Gasteiger partial charge in [-0.15, -0.1) is 0 Å². The minimum absolute atomic E-state index is 0.0444. The van der Waals surface area contributed by atoms with E-state index in [-0.39, 0.29) is 48.3 Å². The predicted molar refractivity (Wildman–Crippen MR) is 142 cm³/mol. The zero-order valence-corrected chi connectivity index (χ0v) is 21.5. The van der Waals surface area contributed by atoms with Gasteiger partial charge in [-0.05, 0) is 29.5 Å². The van der Waals surface area contributed by atoms with Gasteiger partial charge in [-0.3, -0.25) is 19.2 Å². The Bertz CT molecular complexity index is 1460. The molecule has 1 aliphatic heterocycles. The van der Waals surface area contributed by atoms with E-state index in [1.165, 1.54) is 10.9 Å². The number of Topliss-reactive ketones (excluding diaryl/α,β-unsaturated/α-hetero) is 1. The second-order valence-electron chi connectivity index (χ2n) is 10.5. The molecule has 1 saturated heterocycles. The molecule has 39 heavy (non-hydrogen) atoms. The van der Waals surface area contributed by atoms with E-state index in [0.29, 0.717) is 25.9 Å². The molecule has 2 aliphatic rings. The monoisotopic (exact) mass is 524 g/mol. The van der Waals surface area contributed by atoms with Crippen molar-refractivity contribution in [2.24, 2.45) is 17.6 Å².